The van der Waals surface area contributed by atoms with Crippen molar-refractivity contribution in [2.45, 2.75) is 6.10 Å². The molecule has 0 aliphatic carbocycles. The molecule has 0 aromatic heterocycles. The molecule has 0 radical (unpaired) electrons. The summed E-state index contributed by atoms with van der Waals surface area (Å²) in [6.07, 6.45) is -1.70. The number of carbonyl (C=O) groups excluding carboxylic acids is 2. The summed E-state index contributed by atoms with van der Waals surface area (Å²) in [7, 11) is -2.56. The topological polar surface area (TPSA) is 121 Å². The summed E-state index contributed by atoms with van der Waals surface area (Å²) in [5, 5.41) is 17.0. The molecule has 0 fully saturated rings. The van der Waals surface area contributed by atoms with E-state index < -0.39 is 38.5 Å². The molecule has 0 aliphatic rings. The van der Waals surface area contributed by atoms with Gasteiger partial charge in [0, 0.05) is 0 Å². The van der Waals surface area contributed by atoms with Crippen molar-refractivity contribution in [3.05, 3.63) is 0 Å². The molecule has 5 N–H and O–H groups in total. The predicted molar refractivity (Wildman–Crippen MR) is 41.3 cm³/mol. The number of aliphatic hydroxyl groups is 2. The van der Waals surface area contributed by atoms with Crippen LogP contribution < -0.4 is 5.73 Å². The molecule has 0 rings (SSSR count). The Morgan fingerprint density at radius 1 is 1.50 bits per heavy atom. The van der Waals surface area contributed by atoms with Crippen molar-refractivity contribution in [1.82, 2.24) is 0 Å². The zero-order valence-corrected chi connectivity index (χ0v) is 7.07. The summed E-state index contributed by atoms with van der Waals surface area (Å²) < 4.78 is 0. The summed E-state index contributed by atoms with van der Waals surface area (Å²) in [5.41, 5.74) is 2.98. The highest BCUT2D eigenvalue weighted by Gasteiger charge is 2.28. The first-order valence-electron chi connectivity index (χ1n) is 3.09. The highest BCUT2D eigenvalue weighted by molar-refractivity contribution is 7.84. The van der Waals surface area contributed by atoms with Crippen LogP contribution in [0.25, 0.3) is 0 Å². The van der Waals surface area contributed by atoms with Crippen LogP contribution in [0.1, 0.15) is 0 Å². The van der Waals surface area contributed by atoms with Crippen LogP contribution in [0.3, 0.4) is 0 Å². The van der Waals surface area contributed by atoms with Crippen LogP contribution in [-0.2, 0) is 9.59 Å². The third kappa shape index (κ3) is 2.92. The Kier molecular flexibility index (Phi) is 5.12. The van der Waals surface area contributed by atoms with Gasteiger partial charge in [0.15, 0.2) is 8.15 Å². The molecule has 0 saturated heterocycles. The summed E-state index contributed by atoms with van der Waals surface area (Å²) in [5.74, 6) is 0. The lowest BCUT2D eigenvalue weighted by molar-refractivity contribution is -0.122. The van der Waals surface area contributed by atoms with E-state index >= 15 is 0 Å². The lowest BCUT2D eigenvalue weighted by Gasteiger charge is -2.09. The van der Waals surface area contributed by atoms with Crippen molar-refractivity contribution in [3.63, 3.8) is 0 Å². The lowest BCUT2D eigenvalue weighted by Crippen LogP contribution is -2.26. The van der Waals surface area contributed by atoms with Crippen LogP contribution in [0.15, 0.2) is 0 Å². The Bertz CT molecular complexity index is 185. The average molecular weight is 195 g/mol. The minimum atomic E-state index is -2.56. The molecule has 0 bridgehead atoms. The Morgan fingerprint density at radius 3 is 2.33 bits per heavy atom. The van der Waals surface area contributed by atoms with Crippen molar-refractivity contribution in [2.75, 3.05) is 13.2 Å². The molecule has 0 aromatic rings. The maximum atomic E-state index is 10.8. The van der Waals surface area contributed by atoms with Crippen molar-refractivity contribution in [1.29, 1.82) is 0 Å². The zero-order chi connectivity index (χ0) is 9.72. The van der Waals surface area contributed by atoms with Gasteiger partial charge in [0.1, 0.15) is 6.10 Å². The van der Waals surface area contributed by atoms with Gasteiger partial charge in [-0.3, -0.25) is 9.59 Å². The van der Waals surface area contributed by atoms with Crippen LogP contribution in [0.2, 0.25) is 0 Å². The smallest absolute Gasteiger partial charge is 0.219 e. The van der Waals surface area contributed by atoms with E-state index in [2.05, 4.69) is 0 Å². The first-order chi connectivity index (χ1) is 5.54. The number of hydrogen-bond acceptors (Lipinski definition) is 6. The summed E-state index contributed by atoms with van der Waals surface area (Å²) >= 11 is 0. The summed E-state index contributed by atoms with van der Waals surface area (Å²) in [4.78, 5) is 30.3. The molecule has 7 heteroatoms. The van der Waals surface area contributed by atoms with E-state index in [-0.39, 0.29) is 0 Å². The fraction of sp³-hybridized carbons (Fsp3) is 0.600. The second-order valence-electron chi connectivity index (χ2n) is 1.95. The van der Waals surface area contributed by atoms with Gasteiger partial charge in [-0.1, -0.05) is 0 Å². The number of nitrogens with two attached hydrogens (primary N) is 1. The fourth-order valence-electron chi connectivity index (χ4n) is 0.429. The van der Waals surface area contributed by atoms with Crippen molar-refractivity contribution < 1.29 is 24.7 Å². The van der Waals surface area contributed by atoms with Crippen molar-refractivity contribution in [2.24, 2.45) is 5.73 Å². The van der Waals surface area contributed by atoms with Gasteiger partial charge in [0.25, 0.3) is 0 Å². The van der Waals surface area contributed by atoms with E-state index in [1.807, 2.05) is 0 Å². The molecule has 6 nitrogen and oxygen atoms in total. The maximum Gasteiger partial charge on any atom is 0.219 e. The molecule has 0 saturated carbocycles. The van der Waals surface area contributed by atoms with Gasteiger partial charge in [-0.2, -0.15) is 0 Å². The van der Waals surface area contributed by atoms with Crippen LogP contribution in [0, 0.1) is 0 Å². The first-order valence-corrected chi connectivity index (χ1v) is 4.38. The third-order valence-corrected chi connectivity index (χ3v) is 2.45. The Balaban J connectivity index is 4.19. The normalized spacial score (nSPS) is 15.3. The average Bonchev–Trinajstić information content (AvgIpc) is 2.12. The van der Waals surface area contributed by atoms with Gasteiger partial charge >= 0.3 is 0 Å². The number of aliphatic hydroxyl groups excluding tert-OH is 2. The molecule has 2 atom stereocenters. The third-order valence-electron chi connectivity index (χ3n) is 1.08. The predicted octanol–water partition coefficient (Wildman–Crippen LogP) is -2.26. The standard InChI is InChI=1S/C5H10NO5P/c6-1-4(9)12(11)5(10)3(8)2-7/h3,7-8,11H,1-2,6H2. The fourth-order valence-corrected chi connectivity index (χ4v) is 1.21. The van der Waals surface area contributed by atoms with Gasteiger partial charge < -0.3 is 20.8 Å². The lowest BCUT2D eigenvalue weighted by atomic mass is 10.4. The van der Waals surface area contributed by atoms with Gasteiger partial charge in [0.05, 0.1) is 13.2 Å². The molecule has 0 spiro atoms. The highest BCUT2D eigenvalue weighted by atomic mass is 31.1. The van der Waals surface area contributed by atoms with Gasteiger partial charge in [-0.25, -0.2) is 0 Å². The number of hydrogen-bond donors (Lipinski definition) is 4. The summed E-state index contributed by atoms with van der Waals surface area (Å²) in [6.45, 7) is -1.26. The molecule has 0 heterocycles. The van der Waals surface area contributed by atoms with Crippen LogP contribution >= 0.6 is 8.15 Å². The Hall–Kier alpha value is -0.390. The van der Waals surface area contributed by atoms with Crippen molar-refractivity contribution >= 4 is 19.2 Å². The molecule has 0 aliphatic heterocycles. The Morgan fingerprint density at radius 2 is 2.00 bits per heavy atom. The second kappa shape index (κ2) is 5.29. The van der Waals surface area contributed by atoms with Gasteiger partial charge in [0.2, 0.25) is 11.0 Å². The molecule has 2 unspecified atom stereocenters. The van der Waals surface area contributed by atoms with E-state index in [9.17, 15) is 9.59 Å². The van der Waals surface area contributed by atoms with E-state index in [4.69, 9.17) is 20.8 Å². The molecular formula is C5H10NO5P. The molecule has 0 aromatic carbocycles. The van der Waals surface area contributed by atoms with E-state index in [1.165, 1.54) is 0 Å². The van der Waals surface area contributed by atoms with Gasteiger partial charge in [-0.05, 0) is 0 Å². The quantitative estimate of drug-likeness (QED) is 0.367. The van der Waals surface area contributed by atoms with E-state index in [0.29, 0.717) is 0 Å². The highest BCUT2D eigenvalue weighted by Crippen LogP contribution is 2.32. The van der Waals surface area contributed by atoms with E-state index in [1.54, 1.807) is 0 Å². The molecule has 12 heavy (non-hydrogen) atoms. The molecule has 0 amide bonds. The molecule has 70 valence electrons. The summed E-state index contributed by atoms with van der Waals surface area (Å²) in [6, 6.07) is 0. The van der Waals surface area contributed by atoms with Crippen LogP contribution in [0.5, 0.6) is 0 Å². The number of rotatable bonds is 5. The van der Waals surface area contributed by atoms with Crippen LogP contribution in [0.4, 0.5) is 0 Å². The number of carbonyl (C=O) groups is 2. The monoisotopic (exact) mass is 195 g/mol. The minimum absolute atomic E-state index is 0.452. The van der Waals surface area contributed by atoms with Gasteiger partial charge in [-0.15, -0.1) is 0 Å². The SMILES string of the molecule is NCC(=O)P(O)C(=O)C(O)CO. The zero-order valence-electron chi connectivity index (χ0n) is 6.17. The second-order valence-corrected chi connectivity index (χ2v) is 3.51. The maximum absolute atomic E-state index is 10.8. The van der Waals surface area contributed by atoms with Crippen LogP contribution in [-0.4, -0.2) is 45.4 Å². The van der Waals surface area contributed by atoms with E-state index in [0.717, 1.165) is 0 Å². The Labute approximate surface area is 69.8 Å². The largest absolute Gasteiger partial charge is 0.393 e. The first kappa shape index (κ1) is 11.6. The molecular weight excluding hydrogens is 185 g/mol. The minimum Gasteiger partial charge on any atom is -0.393 e. The van der Waals surface area contributed by atoms with Crippen molar-refractivity contribution in [3.8, 4) is 0 Å².